The SMILES string of the molecule is CN1CCC(NS(=O)(=O)c2ccc3[nH]c(=O)oc3c2)C1. The normalized spacial score (nSPS) is 20.8. The molecular formula is C12H15N3O4S. The fraction of sp³-hybridized carbons (Fsp3) is 0.417. The molecule has 2 aromatic rings. The first-order valence-corrected chi connectivity index (χ1v) is 7.76. The smallest absolute Gasteiger partial charge is 0.408 e. The second kappa shape index (κ2) is 4.72. The molecule has 8 heteroatoms. The summed E-state index contributed by atoms with van der Waals surface area (Å²) in [6.45, 7) is 1.57. The minimum absolute atomic E-state index is 0.0843. The standard InChI is InChI=1S/C12H15N3O4S/c1-15-5-4-8(7-15)14-20(17,18)9-2-3-10-11(6-9)19-12(16)13-10/h2-3,6,8,14H,4-5,7H2,1H3,(H,13,16). The van der Waals surface area contributed by atoms with Crippen molar-refractivity contribution in [3.63, 3.8) is 0 Å². The van der Waals surface area contributed by atoms with Gasteiger partial charge in [-0.2, -0.15) is 0 Å². The molecule has 0 amide bonds. The van der Waals surface area contributed by atoms with E-state index in [1.807, 2.05) is 7.05 Å². The highest BCUT2D eigenvalue weighted by Crippen LogP contribution is 2.18. The molecule has 7 nitrogen and oxygen atoms in total. The number of likely N-dealkylation sites (tertiary alicyclic amines) is 1. The molecule has 1 atom stereocenters. The molecule has 2 heterocycles. The van der Waals surface area contributed by atoms with Gasteiger partial charge in [0.05, 0.1) is 10.4 Å². The minimum Gasteiger partial charge on any atom is -0.408 e. The first-order chi connectivity index (χ1) is 9.44. The summed E-state index contributed by atoms with van der Waals surface area (Å²) in [4.78, 5) is 15.7. The van der Waals surface area contributed by atoms with Crippen LogP contribution in [0.4, 0.5) is 0 Å². The monoisotopic (exact) mass is 297 g/mol. The summed E-state index contributed by atoms with van der Waals surface area (Å²) in [6.07, 6.45) is 0.789. The number of likely N-dealkylation sites (N-methyl/N-ethyl adjacent to an activating group) is 1. The van der Waals surface area contributed by atoms with Gasteiger partial charge < -0.3 is 9.32 Å². The van der Waals surface area contributed by atoms with Crippen LogP contribution in [0, 0.1) is 0 Å². The quantitative estimate of drug-likeness (QED) is 0.838. The van der Waals surface area contributed by atoms with Crippen molar-refractivity contribution in [3.8, 4) is 0 Å². The lowest BCUT2D eigenvalue weighted by molar-refractivity contribution is 0.407. The van der Waals surface area contributed by atoms with E-state index in [0.29, 0.717) is 12.1 Å². The van der Waals surface area contributed by atoms with Gasteiger partial charge in [0.2, 0.25) is 10.0 Å². The van der Waals surface area contributed by atoms with E-state index >= 15 is 0 Å². The van der Waals surface area contributed by atoms with Crippen molar-refractivity contribution >= 4 is 21.1 Å². The highest BCUT2D eigenvalue weighted by atomic mass is 32.2. The summed E-state index contributed by atoms with van der Waals surface area (Å²) < 4.78 is 32.1. The zero-order chi connectivity index (χ0) is 14.3. The van der Waals surface area contributed by atoms with Gasteiger partial charge in [0, 0.05) is 18.7 Å². The molecule has 1 aromatic heterocycles. The highest BCUT2D eigenvalue weighted by Gasteiger charge is 2.25. The molecule has 20 heavy (non-hydrogen) atoms. The van der Waals surface area contributed by atoms with Crippen molar-refractivity contribution in [1.82, 2.24) is 14.6 Å². The number of fused-ring (bicyclic) bond motifs is 1. The molecule has 1 saturated heterocycles. The number of hydrogen-bond acceptors (Lipinski definition) is 5. The van der Waals surface area contributed by atoms with Crippen molar-refractivity contribution in [1.29, 1.82) is 0 Å². The van der Waals surface area contributed by atoms with E-state index in [0.717, 1.165) is 13.0 Å². The van der Waals surface area contributed by atoms with Crippen molar-refractivity contribution in [2.24, 2.45) is 0 Å². The Hall–Kier alpha value is -1.64. The number of sulfonamides is 1. The molecule has 0 radical (unpaired) electrons. The summed E-state index contributed by atoms with van der Waals surface area (Å²) >= 11 is 0. The number of hydrogen-bond donors (Lipinski definition) is 2. The summed E-state index contributed by atoms with van der Waals surface area (Å²) in [5.41, 5.74) is 0.718. The van der Waals surface area contributed by atoms with Crippen molar-refractivity contribution in [3.05, 3.63) is 28.7 Å². The fourth-order valence-electron chi connectivity index (χ4n) is 2.41. The molecule has 1 aliphatic heterocycles. The van der Waals surface area contributed by atoms with Gasteiger partial charge in [-0.25, -0.2) is 17.9 Å². The van der Waals surface area contributed by atoms with Crippen LogP contribution in [-0.4, -0.2) is 44.5 Å². The van der Waals surface area contributed by atoms with E-state index in [4.69, 9.17) is 4.42 Å². The average Bonchev–Trinajstić information content (AvgIpc) is 2.92. The van der Waals surface area contributed by atoms with Crippen molar-refractivity contribution in [2.45, 2.75) is 17.4 Å². The summed E-state index contributed by atoms with van der Waals surface area (Å²) in [5, 5.41) is 0. The molecule has 3 rings (SSSR count). The van der Waals surface area contributed by atoms with Crippen LogP contribution in [0.3, 0.4) is 0 Å². The van der Waals surface area contributed by atoms with Crippen LogP contribution in [0.25, 0.3) is 11.1 Å². The number of H-pyrrole nitrogens is 1. The van der Waals surface area contributed by atoms with Crippen LogP contribution < -0.4 is 10.5 Å². The Morgan fingerprint density at radius 2 is 2.25 bits per heavy atom. The Morgan fingerprint density at radius 1 is 1.45 bits per heavy atom. The third-order valence-corrected chi connectivity index (χ3v) is 4.93. The Labute approximate surface area is 115 Å². The van der Waals surface area contributed by atoms with Gasteiger partial charge in [0.25, 0.3) is 0 Å². The largest absolute Gasteiger partial charge is 0.417 e. The molecule has 108 valence electrons. The van der Waals surface area contributed by atoms with E-state index in [-0.39, 0.29) is 16.5 Å². The lowest BCUT2D eigenvalue weighted by atomic mass is 10.3. The number of aromatic amines is 1. The zero-order valence-electron chi connectivity index (χ0n) is 10.9. The van der Waals surface area contributed by atoms with E-state index < -0.39 is 15.8 Å². The van der Waals surface area contributed by atoms with E-state index in [1.165, 1.54) is 18.2 Å². The van der Waals surface area contributed by atoms with Gasteiger partial charge in [-0.1, -0.05) is 0 Å². The van der Waals surface area contributed by atoms with Crippen LogP contribution in [0.15, 0.2) is 32.3 Å². The van der Waals surface area contributed by atoms with Gasteiger partial charge >= 0.3 is 5.76 Å². The predicted molar refractivity (Wildman–Crippen MR) is 73.1 cm³/mol. The maximum Gasteiger partial charge on any atom is 0.417 e. The second-order valence-electron chi connectivity index (χ2n) is 5.04. The molecule has 1 aliphatic rings. The minimum atomic E-state index is -3.60. The molecule has 1 fully saturated rings. The molecular weight excluding hydrogens is 282 g/mol. The number of benzene rings is 1. The van der Waals surface area contributed by atoms with E-state index in [1.54, 1.807) is 0 Å². The van der Waals surface area contributed by atoms with E-state index in [2.05, 4.69) is 14.6 Å². The number of nitrogens with zero attached hydrogens (tertiary/aromatic N) is 1. The number of oxazole rings is 1. The summed E-state index contributed by atoms with van der Waals surface area (Å²) in [5.74, 6) is -0.597. The van der Waals surface area contributed by atoms with Crippen molar-refractivity contribution in [2.75, 3.05) is 20.1 Å². The van der Waals surface area contributed by atoms with Crippen LogP contribution in [0.1, 0.15) is 6.42 Å². The van der Waals surface area contributed by atoms with E-state index in [9.17, 15) is 13.2 Å². The lowest BCUT2D eigenvalue weighted by Gasteiger charge is -2.13. The maximum atomic E-state index is 12.3. The average molecular weight is 297 g/mol. The van der Waals surface area contributed by atoms with Gasteiger partial charge in [-0.3, -0.25) is 4.98 Å². The molecule has 0 saturated carbocycles. The molecule has 0 aliphatic carbocycles. The van der Waals surface area contributed by atoms with Crippen LogP contribution >= 0.6 is 0 Å². The summed E-state index contributed by atoms with van der Waals surface area (Å²) in [6, 6.07) is 4.25. The van der Waals surface area contributed by atoms with Gasteiger partial charge in [-0.05, 0) is 32.1 Å². The number of aromatic nitrogens is 1. The first-order valence-electron chi connectivity index (χ1n) is 6.28. The molecule has 1 unspecified atom stereocenters. The van der Waals surface area contributed by atoms with Crippen LogP contribution in [0.5, 0.6) is 0 Å². The summed E-state index contributed by atoms with van der Waals surface area (Å²) in [7, 11) is -1.65. The predicted octanol–water partition coefficient (Wildman–Crippen LogP) is 0.103. The molecule has 0 spiro atoms. The zero-order valence-corrected chi connectivity index (χ0v) is 11.7. The molecule has 0 bridgehead atoms. The maximum absolute atomic E-state index is 12.3. The van der Waals surface area contributed by atoms with Crippen LogP contribution in [-0.2, 0) is 10.0 Å². The second-order valence-corrected chi connectivity index (χ2v) is 6.76. The third kappa shape index (κ3) is 2.49. The molecule has 2 N–H and O–H groups in total. The van der Waals surface area contributed by atoms with Gasteiger partial charge in [0.15, 0.2) is 5.58 Å². The molecule has 1 aromatic carbocycles. The number of nitrogens with one attached hydrogen (secondary N) is 2. The fourth-order valence-corrected chi connectivity index (χ4v) is 3.69. The Morgan fingerprint density at radius 3 is 2.95 bits per heavy atom. The van der Waals surface area contributed by atoms with Crippen molar-refractivity contribution < 1.29 is 12.8 Å². The van der Waals surface area contributed by atoms with Crippen LogP contribution in [0.2, 0.25) is 0 Å². The number of rotatable bonds is 3. The first kappa shape index (κ1) is 13.3. The third-order valence-electron chi connectivity index (χ3n) is 3.42. The Bertz CT molecular complexity index is 792. The Balaban J connectivity index is 1.90. The Kier molecular flexibility index (Phi) is 3.15. The lowest BCUT2D eigenvalue weighted by Crippen LogP contribution is -2.36. The van der Waals surface area contributed by atoms with Gasteiger partial charge in [-0.15, -0.1) is 0 Å². The van der Waals surface area contributed by atoms with Gasteiger partial charge in [0.1, 0.15) is 0 Å². The topological polar surface area (TPSA) is 95.4 Å². The highest BCUT2D eigenvalue weighted by molar-refractivity contribution is 7.89.